The lowest BCUT2D eigenvalue weighted by Crippen LogP contribution is -2.40. The molecule has 0 aromatic carbocycles. The van der Waals surface area contributed by atoms with Gasteiger partial charge >= 0.3 is 25.7 Å². The summed E-state index contributed by atoms with van der Waals surface area (Å²) in [5.41, 5.74) is 6.20. The second kappa shape index (κ2) is 44.8. The van der Waals surface area contributed by atoms with Crippen molar-refractivity contribution in [3.05, 3.63) is 48.6 Å². The molecule has 1 unspecified atom stereocenters. The predicted octanol–water partition coefficient (Wildman–Crippen LogP) is 10.8. The van der Waals surface area contributed by atoms with E-state index in [1.54, 1.807) is 18.2 Å². The molecule has 0 fully saturated rings. The zero-order valence-corrected chi connectivity index (χ0v) is 43.1. The van der Waals surface area contributed by atoms with E-state index in [0.717, 1.165) is 38.0 Å². The Morgan fingerprint density at radius 2 is 1.27 bits per heavy atom. The molecule has 0 bridgehead atoms. The van der Waals surface area contributed by atoms with E-state index in [9.17, 15) is 34.1 Å². The first-order chi connectivity index (χ1) is 32.2. The van der Waals surface area contributed by atoms with Crippen molar-refractivity contribution in [2.75, 3.05) is 32.2 Å². The highest BCUT2D eigenvalue weighted by molar-refractivity contribution is 8.00. The summed E-state index contributed by atoms with van der Waals surface area (Å²) in [6.45, 7) is 4.13. The second-order valence-electron chi connectivity index (χ2n) is 17.9. The van der Waals surface area contributed by atoms with E-state index in [1.807, 2.05) is 18.2 Å². The summed E-state index contributed by atoms with van der Waals surface area (Å²) < 4.78 is 33.0. The summed E-state index contributed by atoms with van der Waals surface area (Å²) >= 11 is 1.17. The number of allylic oxidation sites excluding steroid dienone is 7. The summed E-state index contributed by atoms with van der Waals surface area (Å²) in [7, 11) is -4.78. The highest BCUT2D eigenvalue weighted by Gasteiger charge is 2.29. The van der Waals surface area contributed by atoms with Crippen molar-refractivity contribution < 1.29 is 62.8 Å². The Morgan fingerprint density at radius 1 is 0.687 bits per heavy atom. The average Bonchev–Trinajstić information content (AvgIpc) is 3.29. The van der Waals surface area contributed by atoms with Gasteiger partial charge in [0.1, 0.15) is 18.8 Å². The maximum atomic E-state index is 13.2. The van der Waals surface area contributed by atoms with Crippen LogP contribution in [-0.4, -0.2) is 105 Å². The summed E-state index contributed by atoms with van der Waals surface area (Å²) in [6.07, 6.45) is 38.3. The number of aliphatic hydroxyl groups is 3. The Kier molecular flexibility index (Phi) is 43.3. The SMILES string of the molecule is CCCCC/C=C\C\C=C/C=C/C=C/[C@@H](SC[C@H](N)C(=O)O[C@H](COC(=O)CCCCCCCCCCCCCCCCCCC(C)C)COP(=O)(O)OC[C@@H](O)CO)[C@@H](O)CCCC(=O)O. The van der Waals surface area contributed by atoms with Crippen LogP contribution in [0, 0.1) is 5.92 Å². The monoisotopic (exact) mass is 990 g/mol. The van der Waals surface area contributed by atoms with E-state index in [1.165, 1.54) is 114 Å². The number of hydrogen-bond donors (Lipinski definition) is 6. The molecule has 6 atom stereocenters. The van der Waals surface area contributed by atoms with Gasteiger partial charge in [0.2, 0.25) is 0 Å². The number of carboxylic acid groups (broad SMARTS) is 1. The standard InChI is InChI=1S/C51H92NO13PS/c1-4-5-6-7-8-9-10-18-21-24-27-30-35-48(47(55)34-32-36-49(56)57)67-42-46(52)51(59)65-45(41-64-66(60,61)63-39-44(54)38-53)40-62-50(58)37-31-28-25-22-19-16-14-12-11-13-15-17-20-23-26-29-33-43(2)3/h8-9,18,21,24,27,30,35,43-48,53-55H,4-7,10-17,19-20,22-23,25-26,28-29,31-34,36-42,52H2,1-3H3,(H,56,57)(H,60,61)/b9-8-,21-18-,27-24+,35-30+/t44-,45+,46-,47-,48+/m0/s1. The van der Waals surface area contributed by atoms with Crippen LogP contribution in [0.2, 0.25) is 0 Å². The molecule has 390 valence electrons. The third-order valence-corrected chi connectivity index (χ3v) is 13.3. The van der Waals surface area contributed by atoms with Gasteiger partial charge in [-0.15, -0.1) is 11.8 Å². The van der Waals surface area contributed by atoms with E-state index < -0.39 is 81.8 Å². The van der Waals surface area contributed by atoms with Gasteiger partial charge in [-0.3, -0.25) is 23.4 Å². The number of aliphatic hydroxyl groups excluding tert-OH is 3. The topological polar surface area (TPSA) is 232 Å². The number of ether oxygens (including phenoxy) is 2. The number of phosphoric ester groups is 1. The third-order valence-electron chi connectivity index (χ3n) is 10.9. The molecule has 0 aromatic heterocycles. The minimum absolute atomic E-state index is 0.0228. The predicted molar refractivity (Wildman–Crippen MR) is 271 cm³/mol. The van der Waals surface area contributed by atoms with E-state index in [4.69, 9.17) is 34.5 Å². The largest absolute Gasteiger partial charge is 0.481 e. The average molecular weight is 990 g/mol. The number of phosphoric acid groups is 1. The molecule has 0 aliphatic carbocycles. The number of aliphatic carboxylic acids is 1. The van der Waals surface area contributed by atoms with Crippen molar-refractivity contribution in [1.29, 1.82) is 0 Å². The van der Waals surface area contributed by atoms with E-state index in [-0.39, 0.29) is 31.4 Å². The second-order valence-corrected chi connectivity index (χ2v) is 20.6. The lowest BCUT2D eigenvalue weighted by Gasteiger charge is -2.23. The Morgan fingerprint density at radius 3 is 1.85 bits per heavy atom. The van der Waals surface area contributed by atoms with Gasteiger partial charge in [0, 0.05) is 23.8 Å². The van der Waals surface area contributed by atoms with Gasteiger partial charge in [0.25, 0.3) is 0 Å². The smallest absolute Gasteiger partial charge is 0.472 e. The van der Waals surface area contributed by atoms with Crippen molar-refractivity contribution in [2.45, 2.75) is 217 Å². The number of hydrogen-bond acceptors (Lipinski definition) is 13. The number of rotatable bonds is 47. The number of carbonyl (C=O) groups excluding carboxylic acids is 2. The van der Waals surface area contributed by atoms with Gasteiger partial charge in [-0.25, -0.2) is 4.57 Å². The maximum absolute atomic E-state index is 13.2. The quantitative estimate of drug-likeness (QED) is 0.0109. The van der Waals surface area contributed by atoms with Crippen LogP contribution in [0.5, 0.6) is 0 Å². The minimum atomic E-state index is -4.78. The molecule has 16 heteroatoms. The van der Waals surface area contributed by atoms with Gasteiger partial charge in [-0.2, -0.15) is 0 Å². The third kappa shape index (κ3) is 43.4. The number of unbranched alkanes of at least 4 members (excludes halogenated alkanes) is 18. The fourth-order valence-corrected chi connectivity index (χ4v) is 8.75. The van der Waals surface area contributed by atoms with Crippen molar-refractivity contribution in [2.24, 2.45) is 11.7 Å². The lowest BCUT2D eigenvalue weighted by molar-refractivity contribution is -0.161. The molecule has 0 radical (unpaired) electrons. The number of esters is 2. The maximum Gasteiger partial charge on any atom is 0.472 e. The summed E-state index contributed by atoms with van der Waals surface area (Å²) in [6, 6.07) is -1.24. The van der Waals surface area contributed by atoms with E-state index >= 15 is 0 Å². The van der Waals surface area contributed by atoms with Crippen LogP contribution in [0.15, 0.2) is 48.6 Å². The molecule has 0 saturated heterocycles. The molecule has 14 nitrogen and oxygen atoms in total. The van der Waals surface area contributed by atoms with E-state index in [2.05, 4.69) is 32.9 Å². The molecule has 0 heterocycles. The molecule has 0 saturated carbocycles. The number of thioether (sulfide) groups is 1. The number of nitrogens with two attached hydrogens (primary N) is 1. The highest BCUT2D eigenvalue weighted by Crippen LogP contribution is 2.43. The first-order valence-electron chi connectivity index (χ1n) is 25.4. The van der Waals surface area contributed by atoms with Crippen molar-refractivity contribution in [3.8, 4) is 0 Å². The zero-order valence-electron chi connectivity index (χ0n) is 41.4. The molecular formula is C51H92NO13PS. The first-order valence-corrected chi connectivity index (χ1v) is 27.9. The molecule has 0 rings (SSSR count). The zero-order chi connectivity index (χ0) is 49.8. The fraction of sp³-hybridized carbons (Fsp3) is 0.784. The lowest BCUT2D eigenvalue weighted by atomic mass is 10.0. The van der Waals surface area contributed by atoms with Gasteiger partial charge in [0.05, 0.1) is 25.9 Å². The Hall–Kier alpha value is -2.33. The van der Waals surface area contributed by atoms with Gasteiger partial charge in [-0.05, 0) is 44.4 Å². The molecule has 0 amide bonds. The van der Waals surface area contributed by atoms with Crippen molar-refractivity contribution in [3.63, 3.8) is 0 Å². The molecule has 0 aliphatic rings. The van der Waals surface area contributed by atoms with Crippen LogP contribution in [0.4, 0.5) is 0 Å². The van der Waals surface area contributed by atoms with Crippen LogP contribution in [0.3, 0.4) is 0 Å². The molecule has 67 heavy (non-hydrogen) atoms. The molecule has 0 aliphatic heterocycles. The molecular weight excluding hydrogens is 898 g/mol. The van der Waals surface area contributed by atoms with Crippen LogP contribution in [0.25, 0.3) is 0 Å². The summed E-state index contributed by atoms with van der Waals surface area (Å²) in [5.74, 6) is -1.64. The van der Waals surface area contributed by atoms with Crippen LogP contribution < -0.4 is 5.73 Å². The van der Waals surface area contributed by atoms with Crippen LogP contribution in [-0.2, 0) is 37.5 Å². The Bertz CT molecular complexity index is 1390. The highest BCUT2D eigenvalue weighted by atomic mass is 32.2. The van der Waals surface area contributed by atoms with Crippen LogP contribution >= 0.6 is 19.6 Å². The van der Waals surface area contributed by atoms with Gasteiger partial charge in [-0.1, -0.05) is 185 Å². The van der Waals surface area contributed by atoms with E-state index in [0.29, 0.717) is 6.42 Å². The molecule has 0 aromatic rings. The van der Waals surface area contributed by atoms with Gasteiger partial charge < -0.3 is 40.5 Å². The van der Waals surface area contributed by atoms with Crippen LogP contribution in [0.1, 0.15) is 188 Å². The Labute approximate surface area is 408 Å². The fourth-order valence-electron chi connectivity index (χ4n) is 6.84. The molecule has 0 spiro atoms. The first kappa shape index (κ1) is 64.7. The summed E-state index contributed by atoms with van der Waals surface area (Å²) in [4.78, 5) is 47.0. The van der Waals surface area contributed by atoms with Crippen molar-refractivity contribution >= 4 is 37.5 Å². The normalized spacial score (nSPS) is 15.4. The van der Waals surface area contributed by atoms with Gasteiger partial charge in [0.15, 0.2) is 6.10 Å². The Balaban J connectivity index is 5.02. The summed E-state index contributed by atoms with van der Waals surface area (Å²) in [5, 5.41) is 38.0. The number of carbonyl (C=O) groups is 3. The van der Waals surface area contributed by atoms with Crippen molar-refractivity contribution in [1.82, 2.24) is 0 Å². The molecule has 7 N–H and O–H groups in total. The minimum Gasteiger partial charge on any atom is -0.481 e. The number of carboxylic acids is 1.